The smallest absolute Gasteiger partial charge is 0.341 e. The van der Waals surface area contributed by atoms with Gasteiger partial charge in [-0.25, -0.2) is 4.79 Å². The largest absolute Gasteiger partial charge is 0.462 e. The van der Waals surface area contributed by atoms with Gasteiger partial charge in [0.1, 0.15) is 5.00 Å². The Morgan fingerprint density at radius 3 is 2.96 bits per heavy atom. The summed E-state index contributed by atoms with van der Waals surface area (Å²) in [4.78, 5) is 12.1. The Morgan fingerprint density at radius 2 is 2.16 bits per heavy atom. The molecule has 0 radical (unpaired) electrons. The van der Waals surface area contributed by atoms with E-state index in [2.05, 4.69) is 10.6 Å². The molecular weight excluding hydrogens is 360 g/mol. The number of fused-ring (bicyclic) bond motifs is 1. The van der Waals surface area contributed by atoms with Crippen LogP contribution in [0.15, 0.2) is 23.6 Å². The molecule has 6 nitrogen and oxygen atoms in total. The third-order valence-electron chi connectivity index (χ3n) is 3.57. The Labute approximate surface area is 155 Å². The van der Waals surface area contributed by atoms with E-state index in [0.29, 0.717) is 28.8 Å². The number of rotatable bonds is 5. The van der Waals surface area contributed by atoms with Gasteiger partial charge >= 0.3 is 5.97 Å². The average Bonchev–Trinajstić information content (AvgIpc) is 3.19. The fraction of sp³-hybridized carbons (Fsp3) is 0.294. The van der Waals surface area contributed by atoms with Crippen molar-refractivity contribution in [1.29, 1.82) is 0 Å². The molecule has 2 aromatic rings. The zero-order valence-corrected chi connectivity index (χ0v) is 15.5. The molecule has 0 spiro atoms. The number of ether oxygens (including phenoxy) is 3. The fourth-order valence-corrected chi connectivity index (χ4v) is 3.55. The molecular formula is C17H18N2O4S2. The zero-order chi connectivity index (χ0) is 17.8. The van der Waals surface area contributed by atoms with E-state index in [0.717, 1.165) is 22.6 Å². The van der Waals surface area contributed by atoms with Crippen molar-refractivity contribution in [2.24, 2.45) is 0 Å². The summed E-state index contributed by atoms with van der Waals surface area (Å²) in [5.41, 5.74) is 2.41. The molecule has 0 fully saturated rings. The Morgan fingerprint density at radius 1 is 1.36 bits per heavy atom. The minimum Gasteiger partial charge on any atom is -0.462 e. The number of hydrogen-bond donors (Lipinski definition) is 2. The molecule has 1 aliphatic rings. The van der Waals surface area contributed by atoms with Gasteiger partial charge in [-0.3, -0.25) is 0 Å². The van der Waals surface area contributed by atoms with Crippen LogP contribution in [-0.4, -0.2) is 24.5 Å². The third-order valence-corrected chi connectivity index (χ3v) is 4.83. The van der Waals surface area contributed by atoms with E-state index in [1.807, 2.05) is 30.5 Å². The fourth-order valence-electron chi connectivity index (χ4n) is 2.37. The number of esters is 1. The Kier molecular flexibility index (Phi) is 5.40. The second-order valence-electron chi connectivity index (χ2n) is 5.34. The maximum Gasteiger partial charge on any atom is 0.341 e. The van der Waals surface area contributed by atoms with Gasteiger partial charge in [-0.05, 0) is 54.7 Å². The van der Waals surface area contributed by atoms with Gasteiger partial charge in [-0.15, -0.1) is 11.3 Å². The topological polar surface area (TPSA) is 68.8 Å². The first-order chi connectivity index (χ1) is 12.1. The van der Waals surface area contributed by atoms with Crippen molar-refractivity contribution in [3.05, 3.63) is 40.3 Å². The monoisotopic (exact) mass is 378 g/mol. The molecule has 132 valence electrons. The van der Waals surface area contributed by atoms with E-state index in [1.54, 1.807) is 6.92 Å². The van der Waals surface area contributed by atoms with Crippen LogP contribution in [0.5, 0.6) is 11.5 Å². The molecule has 3 rings (SSSR count). The van der Waals surface area contributed by atoms with Crippen molar-refractivity contribution in [1.82, 2.24) is 5.32 Å². The third kappa shape index (κ3) is 4.02. The van der Waals surface area contributed by atoms with Gasteiger partial charge in [0.2, 0.25) is 6.79 Å². The molecule has 1 aromatic carbocycles. The van der Waals surface area contributed by atoms with E-state index in [-0.39, 0.29) is 12.8 Å². The van der Waals surface area contributed by atoms with Crippen molar-refractivity contribution in [3.63, 3.8) is 0 Å². The van der Waals surface area contributed by atoms with Gasteiger partial charge in [0.25, 0.3) is 0 Å². The second kappa shape index (κ2) is 7.71. The highest BCUT2D eigenvalue weighted by molar-refractivity contribution is 7.80. The van der Waals surface area contributed by atoms with Gasteiger partial charge in [0.15, 0.2) is 16.6 Å². The normalized spacial score (nSPS) is 11.9. The molecule has 2 heterocycles. The number of anilines is 1. The van der Waals surface area contributed by atoms with Gasteiger partial charge < -0.3 is 24.8 Å². The highest BCUT2D eigenvalue weighted by atomic mass is 32.1. The van der Waals surface area contributed by atoms with E-state index < -0.39 is 0 Å². The lowest BCUT2D eigenvalue weighted by Gasteiger charge is -2.11. The molecule has 25 heavy (non-hydrogen) atoms. The molecule has 1 aromatic heterocycles. The molecule has 0 amide bonds. The number of carbonyl (C=O) groups is 1. The molecule has 0 saturated heterocycles. The minimum atomic E-state index is -0.345. The van der Waals surface area contributed by atoms with Crippen molar-refractivity contribution in [2.75, 3.05) is 18.7 Å². The first-order valence-electron chi connectivity index (χ1n) is 7.77. The molecule has 0 aliphatic carbocycles. The summed E-state index contributed by atoms with van der Waals surface area (Å²) < 4.78 is 15.8. The Hall–Kier alpha value is -2.32. The Bertz CT molecular complexity index is 804. The number of aryl methyl sites for hydroxylation is 1. The van der Waals surface area contributed by atoms with Gasteiger partial charge in [-0.2, -0.15) is 0 Å². The highest BCUT2D eigenvalue weighted by Gasteiger charge is 2.19. The number of thiocarbonyl (C=S) groups is 1. The van der Waals surface area contributed by atoms with E-state index >= 15 is 0 Å². The van der Waals surface area contributed by atoms with Crippen molar-refractivity contribution < 1.29 is 19.0 Å². The molecule has 0 saturated carbocycles. The van der Waals surface area contributed by atoms with Crippen molar-refractivity contribution >= 4 is 39.6 Å². The molecule has 8 heteroatoms. The lowest BCUT2D eigenvalue weighted by molar-refractivity contribution is 0.0527. The van der Waals surface area contributed by atoms with Crippen molar-refractivity contribution in [3.8, 4) is 11.5 Å². The van der Waals surface area contributed by atoms with Crippen LogP contribution < -0.4 is 20.1 Å². The molecule has 0 unspecified atom stereocenters. The van der Waals surface area contributed by atoms with E-state index in [1.165, 1.54) is 11.3 Å². The minimum absolute atomic E-state index is 0.251. The van der Waals surface area contributed by atoms with Crippen LogP contribution in [0.4, 0.5) is 5.00 Å². The van der Waals surface area contributed by atoms with Crippen molar-refractivity contribution in [2.45, 2.75) is 20.4 Å². The van der Waals surface area contributed by atoms with Crippen LogP contribution in [0.3, 0.4) is 0 Å². The summed E-state index contributed by atoms with van der Waals surface area (Å²) in [5.74, 6) is 1.14. The van der Waals surface area contributed by atoms with E-state index in [4.69, 9.17) is 26.4 Å². The predicted octanol–water partition coefficient (Wildman–Crippen LogP) is 3.45. The Balaban J connectivity index is 1.61. The number of hydrogen-bond acceptors (Lipinski definition) is 6. The molecule has 0 bridgehead atoms. The maximum absolute atomic E-state index is 12.1. The summed E-state index contributed by atoms with van der Waals surface area (Å²) >= 11 is 6.75. The summed E-state index contributed by atoms with van der Waals surface area (Å²) in [6.07, 6.45) is 0. The van der Waals surface area contributed by atoms with Gasteiger partial charge in [-0.1, -0.05) is 6.07 Å². The lowest BCUT2D eigenvalue weighted by atomic mass is 10.2. The van der Waals surface area contributed by atoms with Gasteiger partial charge in [0.05, 0.1) is 12.2 Å². The summed E-state index contributed by atoms with van der Waals surface area (Å²) in [6, 6.07) is 5.73. The number of benzene rings is 1. The zero-order valence-electron chi connectivity index (χ0n) is 13.9. The highest BCUT2D eigenvalue weighted by Crippen LogP contribution is 2.32. The van der Waals surface area contributed by atoms with Crippen LogP contribution in [0, 0.1) is 6.92 Å². The lowest BCUT2D eigenvalue weighted by Crippen LogP contribution is -2.28. The quantitative estimate of drug-likeness (QED) is 0.610. The first-order valence-corrected chi connectivity index (χ1v) is 9.06. The summed E-state index contributed by atoms with van der Waals surface area (Å²) in [7, 11) is 0. The van der Waals surface area contributed by atoms with E-state index in [9.17, 15) is 4.79 Å². The van der Waals surface area contributed by atoms with Crippen LogP contribution >= 0.6 is 23.6 Å². The number of thiophene rings is 1. The maximum atomic E-state index is 12.1. The van der Waals surface area contributed by atoms with Gasteiger partial charge in [0, 0.05) is 6.54 Å². The SMILES string of the molecule is CCOC(=O)c1c(C)csc1NC(=S)NCc1ccc2c(c1)OCO2. The number of carbonyl (C=O) groups excluding carboxylic acids is 1. The van der Waals surface area contributed by atoms with Crippen LogP contribution in [0.25, 0.3) is 0 Å². The predicted molar refractivity (Wildman–Crippen MR) is 101 cm³/mol. The average molecular weight is 378 g/mol. The van der Waals surface area contributed by atoms with Crippen LogP contribution in [0.1, 0.15) is 28.4 Å². The number of nitrogens with one attached hydrogen (secondary N) is 2. The standard InChI is InChI=1S/C17H18N2O4S2/c1-3-21-16(20)14-10(2)8-25-15(14)19-17(24)18-7-11-4-5-12-13(6-11)23-9-22-12/h4-6,8H,3,7,9H2,1-2H3,(H2,18,19,24). The second-order valence-corrected chi connectivity index (χ2v) is 6.63. The van der Waals surface area contributed by atoms with Crippen LogP contribution in [0.2, 0.25) is 0 Å². The summed E-state index contributed by atoms with van der Waals surface area (Å²) in [5, 5.41) is 9.21. The molecule has 0 atom stereocenters. The molecule has 2 N–H and O–H groups in total. The van der Waals surface area contributed by atoms with Crippen LogP contribution in [-0.2, 0) is 11.3 Å². The summed E-state index contributed by atoms with van der Waals surface area (Å²) in [6.45, 7) is 4.77. The molecule has 1 aliphatic heterocycles. The first kappa shape index (κ1) is 17.5.